The van der Waals surface area contributed by atoms with Gasteiger partial charge in [-0.05, 0) is 18.8 Å². The van der Waals surface area contributed by atoms with Crippen molar-refractivity contribution in [3.05, 3.63) is 0 Å². The first kappa shape index (κ1) is 17.8. The number of amides is 2. The minimum atomic E-state index is -0.812. The van der Waals surface area contributed by atoms with Gasteiger partial charge in [-0.15, -0.1) is 0 Å². The van der Waals surface area contributed by atoms with E-state index in [1.165, 1.54) is 0 Å². The van der Waals surface area contributed by atoms with E-state index in [0.29, 0.717) is 19.6 Å². The van der Waals surface area contributed by atoms with Crippen molar-refractivity contribution in [2.24, 2.45) is 5.41 Å². The Labute approximate surface area is 127 Å². The second-order valence-electron chi connectivity index (χ2n) is 6.95. The fraction of sp³-hybridized carbons (Fsp3) is 0.867. The minimum Gasteiger partial charge on any atom is -0.480 e. The zero-order chi connectivity index (χ0) is 16.2. The molecule has 0 aliphatic carbocycles. The molecule has 2 amide bonds. The Kier molecular flexibility index (Phi) is 6.01. The maximum atomic E-state index is 12.6. The molecule has 1 aliphatic heterocycles. The lowest BCUT2D eigenvalue weighted by molar-refractivity contribution is -0.138. The van der Waals surface area contributed by atoms with Gasteiger partial charge in [-0.3, -0.25) is 9.69 Å². The molecule has 1 fully saturated rings. The molecule has 1 atom stereocenters. The van der Waals surface area contributed by atoms with Crippen molar-refractivity contribution in [2.45, 2.75) is 40.2 Å². The van der Waals surface area contributed by atoms with Crippen molar-refractivity contribution in [1.82, 2.24) is 14.7 Å². The average Bonchev–Trinajstić information content (AvgIpc) is 2.60. The van der Waals surface area contributed by atoms with Crippen LogP contribution in [0.4, 0.5) is 4.79 Å². The third kappa shape index (κ3) is 5.19. The van der Waals surface area contributed by atoms with Crippen molar-refractivity contribution in [1.29, 1.82) is 0 Å². The second kappa shape index (κ2) is 7.11. The largest absolute Gasteiger partial charge is 0.480 e. The summed E-state index contributed by atoms with van der Waals surface area (Å²) in [7, 11) is 1.85. The maximum absolute atomic E-state index is 12.6. The van der Waals surface area contributed by atoms with Crippen LogP contribution in [0.5, 0.6) is 0 Å². The summed E-state index contributed by atoms with van der Waals surface area (Å²) >= 11 is 0. The minimum absolute atomic E-state index is 0.0333. The number of nitrogens with zero attached hydrogens (tertiary/aromatic N) is 3. The molecule has 1 rings (SSSR count). The van der Waals surface area contributed by atoms with Crippen LogP contribution in [-0.2, 0) is 4.79 Å². The van der Waals surface area contributed by atoms with Crippen LogP contribution in [0, 0.1) is 5.41 Å². The monoisotopic (exact) mass is 299 g/mol. The number of hydrogen-bond donors (Lipinski definition) is 1. The quantitative estimate of drug-likeness (QED) is 0.859. The Morgan fingerprint density at radius 1 is 1.19 bits per heavy atom. The number of rotatable bonds is 3. The molecule has 6 nitrogen and oxygen atoms in total. The lowest BCUT2D eigenvalue weighted by Crippen LogP contribution is -2.50. The predicted molar refractivity (Wildman–Crippen MR) is 82.3 cm³/mol. The standard InChI is InChI=1S/C15H29N3O3/c1-12(15(2,3)4)16(5)14(21)18-8-6-7-17(9-10-18)11-13(19)20/h12H,6-11H2,1-5H3,(H,19,20). The molecule has 6 heteroatoms. The van der Waals surface area contributed by atoms with Crippen LogP contribution >= 0.6 is 0 Å². The Morgan fingerprint density at radius 3 is 2.33 bits per heavy atom. The van der Waals surface area contributed by atoms with E-state index >= 15 is 0 Å². The number of carboxylic acid groups (broad SMARTS) is 1. The van der Waals surface area contributed by atoms with Gasteiger partial charge in [0.15, 0.2) is 0 Å². The van der Waals surface area contributed by atoms with E-state index in [4.69, 9.17) is 5.11 Å². The molecular weight excluding hydrogens is 270 g/mol. The van der Waals surface area contributed by atoms with Crippen LogP contribution in [0.3, 0.4) is 0 Å². The van der Waals surface area contributed by atoms with Crippen molar-refractivity contribution in [2.75, 3.05) is 39.8 Å². The van der Waals surface area contributed by atoms with Gasteiger partial charge in [0.25, 0.3) is 0 Å². The molecule has 0 spiro atoms. The first-order valence-corrected chi connectivity index (χ1v) is 7.59. The summed E-state index contributed by atoms with van der Waals surface area (Å²) in [5, 5.41) is 8.85. The highest BCUT2D eigenvalue weighted by molar-refractivity contribution is 5.74. The van der Waals surface area contributed by atoms with E-state index in [-0.39, 0.29) is 24.0 Å². The number of carbonyl (C=O) groups excluding carboxylic acids is 1. The van der Waals surface area contributed by atoms with E-state index in [2.05, 4.69) is 27.7 Å². The molecule has 1 N–H and O–H groups in total. The lowest BCUT2D eigenvalue weighted by Gasteiger charge is -2.38. The fourth-order valence-electron chi connectivity index (χ4n) is 2.48. The van der Waals surface area contributed by atoms with Crippen LogP contribution in [0.1, 0.15) is 34.1 Å². The average molecular weight is 299 g/mol. The number of carbonyl (C=O) groups is 2. The van der Waals surface area contributed by atoms with E-state index in [9.17, 15) is 9.59 Å². The first-order valence-electron chi connectivity index (χ1n) is 7.59. The molecular formula is C15H29N3O3. The Hall–Kier alpha value is -1.30. The number of urea groups is 1. The first-order chi connectivity index (χ1) is 9.62. The summed E-state index contributed by atoms with van der Waals surface area (Å²) in [6.45, 7) is 11.1. The third-order valence-corrected chi connectivity index (χ3v) is 4.35. The van der Waals surface area contributed by atoms with Gasteiger partial charge in [0.05, 0.1) is 6.54 Å². The fourth-order valence-corrected chi connectivity index (χ4v) is 2.48. The van der Waals surface area contributed by atoms with E-state index in [1.807, 2.05) is 16.8 Å². The van der Waals surface area contributed by atoms with Crippen molar-refractivity contribution in [3.63, 3.8) is 0 Å². The van der Waals surface area contributed by atoms with Crippen molar-refractivity contribution < 1.29 is 14.7 Å². The van der Waals surface area contributed by atoms with Crippen molar-refractivity contribution >= 4 is 12.0 Å². The topological polar surface area (TPSA) is 64.1 Å². The Bertz CT molecular complexity index is 379. The molecule has 0 aromatic carbocycles. The summed E-state index contributed by atoms with van der Waals surface area (Å²) in [5.74, 6) is -0.812. The molecule has 1 aliphatic rings. The number of carboxylic acids is 1. The second-order valence-corrected chi connectivity index (χ2v) is 6.95. The highest BCUT2D eigenvalue weighted by Gasteiger charge is 2.30. The van der Waals surface area contributed by atoms with Gasteiger partial charge in [0.1, 0.15) is 0 Å². The van der Waals surface area contributed by atoms with Gasteiger partial charge in [-0.2, -0.15) is 0 Å². The van der Waals surface area contributed by atoms with Crippen LogP contribution in [-0.4, -0.2) is 77.6 Å². The predicted octanol–water partition coefficient (Wildman–Crippen LogP) is 1.57. The molecule has 1 unspecified atom stereocenters. The van der Waals surface area contributed by atoms with E-state index < -0.39 is 5.97 Å². The molecule has 0 aromatic heterocycles. The summed E-state index contributed by atoms with van der Waals surface area (Å²) in [6.07, 6.45) is 0.816. The highest BCUT2D eigenvalue weighted by atomic mass is 16.4. The SMILES string of the molecule is CC(N(C)C(=O)N1CCCN(CC(=O)O)CC1)C(C)(C)C. The van der Waals surface area contributed by atoms with Crippen LogP contribution in [0.25, 0.3) is 0 Å². The van der Waals surface area contributed by atoms with E-state index in [1.54, 1.807) is 4.90 Å². The molecule has 1 saturated heterocycles. The molecule has 1 heterocycles. The van der Waals surface area contributed by atoms with Gasteiger partial charge in [0.2, 0.25) is 0 Å². The van der Waals surface area contributed by atoms with Gasteiger partial charge in [-0.1, -0.05) is 20.8 Å². The Balaban J connectivity index is 2.61. The molecule has 0 saturated carbocycles. The maximum Gasteiger partial charge on any atom is 0.320 e. The molecule has 21 heavy (non-hydrogen) atoms. The van der Waals surface area contributed by atoms with Crippen molar-refractivity contribution in [3.8, 4) is 0 Å². The lowest BCUT2D eigenvalue weighted by atomic mass is 9.87. The third-order valence-electron chi connectivity index (χ3n) is 4.35. The molecule has 0 bridgehead atoms. The zero-order valence-electron chi connectivity index (χ0n) is 13.9. The summed E-state index contributed by atoms with van der Waals surface area (Å²) in [6, 6.07) is 0.179. The zero-order valence-corrected chi connectivity index (χ0v) is 13.9. The smallest absolute Gasteiger partial charge is 0.320 e. The summed E-state index contributed by atoms with van der Waals surface area (Å²) < 4.78 is 0. The normalized spacial score (nSPS) is 19.0. The Morgan fingerprint density at radius 2 is 1.81 bits per heavy atom. The molecule has 0 radical (unpaired) electrons. The van der Waals surface area contributed by atoms with Crippen LogP contribution in [0.2, 0.25) is 0 Å². The van der Waals surface area contributed by atoms with Gasteiger partial charge >= 0.3 is 12.0 Å². The van der Waals surface area contributed by atoms with Crippen LogP contribution in [0.15, 0.2) is 0 Å². The van der Waals surface area contributed by atoms with Gasteiger partial charge < -0.3 is 14.9 Å². The summed E-state index contributed by atoms with van der Waals surface area (Å²) in [5.41, 5.74) is 0.0333. The molecule has 122 valence electrons. The summed E-state index contributed by atoms with van der Waals surface area (Å²) in [4.78, 5) is 28.9. The number of aliphatic carboxylic acids is 1. The van der Waals surface area contributed by atoms with Gasteiger partial charge in [0, 0.05) is 39.3 Å². The van der Waals surface area contributed by atoms with Crippen LogP contribution < -0.4 is 0 Å². The van der Waals surface area contributed by atoms with E-state index in [0.717, 1.165) is 13.0 Å². The highest BCUT2D eigenvalue weighted by Crippen LogP contribution is 2.24. The van der Waals surface area contributed by atoms with Gasteiger partial charge in [-0.25, -0.2) is 4.79 Å². The number of hydrogen-bond acceptors (Lipinski definition) is 3. The molecule has 0 aromatic rings.